The van der Waals surface area contributed by atoms with E-state index in [4.69, 9.17) is 5.10 Å². The molecule has 2 aromatic rings. The lowest BCUT2D eigenvalue weighted by Gasteiger charge is -2.34. The summed E-state index contributed by atoms with van der Waals surface area (Å²) in [7, 11) is 0. The maximum Gasteiger partial charge on any atom is 0.274 e. The maximum atomic E-state index is 13.4. The van der Waals surface area contributed by atoms with Gasteiger partial charge in [-0.05, 0) is 62.8 Å². The second kappa shape index (κ2) is 8.42. The molecule has 0 radical (unpaired) electrons. The molecule has 0 unspecified atom stereocenters. The van der Waals surface area contributed by atoms with E-state index in [0.717, 1.165) is 55.5 Å². The van der Waals surface area contributed by atoms with E-state index in [1.54, 1.807) is 12.1 Å². The van der Waals surface area contributed by atoms with E-state index in [1.165, 1.54) is 12.1 Å². The van der Waals surface area contributed by atoms with Gasteiger partial charge in [-0.15, -0.1) is 0 Å². The highest BCUT2D eigenvalue weighted by Crippen LogP contribution is 2.28. The van der Waals surface area contributed by atoms with Crippen LogP contribution < -0.4 is 5.32 Å². The normalized spacial score (nSPS) is 19.2. The monoisotopic (exact) mass is 425 g/mol. The molecule has 8 heteroatoms. The number of benzene rings is 1. The zero-order valence-corrected chi connectivity index (χ0v) is 17.6. The first-order chi connectivity index (χ1) is 15.1. The summed E-state index contributed by atoms with van der Waals surface area (Å²) in [5.41, 5.74) is 3.41. The number of fused-ring (bicyclic) bond motifs is 1. The zero-order chi connectivity index (χ0) is 21.4. The van der Waals surface area contributed by atoms with Gasteiger partial charge in [-0.2, -0.15) is 5.10 Å². The lowest BCUT2D eigenvalue weighted by molar-refractivity contribution is -0.122. The van der Waals surface area contributed by atoms with Crippen molar-refractivity contribution in [3.05, 3.63) is 47.0 Å². The summed E-state index contributed by atoms with van der Waals surface area (Å²) >= 11 is 0. The van der Waals surface area contributed by atoms with Gasteiger partial charge in [0, 0.05) is 43.5 Å². The Balaban J connectivity index is 1.29. The molecule has 2 fully saturated rings. The predicted octanol–water partition coefficient (Wildman–Crippen LogP) is 1.93. The van der Waals surface area contributed by atoms with Crippen molar-refractivity contribution >= 4 is 11.8 Å². The zero-order valence-electron chi connectivity index (χ0n) is 17.6. The molecule has 1 aromatic heterocycles. The average Bonchev–Trinajstić information content (AvgIpc) is 3.51. The predicted molar refractivity (Wildman–Crippen MR) is 114 cm³/mol. The minimum atomic E-state index is -0.287. The van der Waals surface area contributed by atoms with Gasteiger partial charge < -0.3 is 10.2 Å². The fraction of sp³-hybridized carbons (Fsp3) is 0.522. The molecule has 2 amide bonds. The molecule has 2 heterocycles. The van der Waals surface area contributed by atoms with Crippen LogP contribution in [0.25, 0.3) is 5.69 Å². The first-order valence-electron chi connectivity index (χ1n) is 11.3. The van der Waals surface area contributed by atoms with Crippen molar-refractivity contribution < 1.29 is 14.0 Å². The Kier molecular flexibility index (Phi) is 5.48. The van der Waals surface area contributed by atoms with E-state index in [2.05, 4.69) is 10.2 Å². The van der Waals surface area contributed by atoms with E-state index >= 15 is 0 Å². The highest BCUT2D eigenvalue weighted by Gasteiger charge is 2.31. The van der Waals surface area contributed by atoms with Crippen LogP contribution in [0.4, 0.5) is 4.39 Å². The molecule has 0 atom stereocenters. The lowest BCUT2D eigenvalue weighted by Crippen LogP contribution is -2.51. The van der Waals surface area contributed by atoms with Gasteiger partial charge in [0.1, 0.15) is 5.82 Å². The van der Waals surface area contributed by atoms with Crippen molar-refractivity contribution in [2.24, 2.45) is 0 Å². The van der Waals surface area contributed by atoms with Crippen LogP contribution in [0, 0.1) is 5.82 Å². The number of aromatic nitrogens is 2. The first-order valence-corrected chi connectivity index (χ1v) is 11.3. The number of halogens is 1. The van der Waals surface area contributed by atoms with Crippen molar-refractivity contribution in [1.82, 2.24) is 24.9 Å². The molecular formula is C23H28FN5O2. The number of carbonyl (C=O) groups excluding carboxylic acids is 2. The van der Waals surface area contributed by atoms with Gasteiger partial charge in [-0.25, -0.2) is 9.07 Å². The summed E-state index contributed by atoms with van der Waals surface area (Å²) < 4.78 is 15.2. The molecule has 1 aliphatic heterocycles. The summed E-state index contributed by atoms with van der Waals surface area (Å²) in [5.74, 6) is -0.250. The van der Waals surface area contributed by atoms with Crippen LogP contribution in [0.5, 0.6) is 0 Å². The molecular weight excluding hydrogens is 397 g/mol. The molecule has 1 aromatic carbocycles. The average molecular weight is 426 g/mol. The fourth-order valence-corrected chi connectivity index (χ4v) is 4.53. The summed E-state index contributed by atoms with van der Waals surface area (Å²) in [6.45, 7) is 2.95. The Labute approximate surface area is 181 Å². The number of rotatable bonds is 5. The molecule has 164 valence electrons. The van der Waals surface area contributed by atoms with Crippen LogP contribution in [0.3, 0.4) is 0 Å². The Morgan fingerprint density at radius 1 is 1.03 bits per heavy atom. The smallest absolute Gasteiger partial charge is 0.274 e. The standard InChI is InChI=1S/C23H28FN5O2/c24-16-5-9-18(10-6-16)29-20-4-2-1-3-19(20)22(26-29)23(31)28-13-11-27(12-14-28)15-21(30)25-17-7-8-17/h5-6,9-10,17H,1-4,7-8,11-15H2,(H,25,30). The second-order valence-electron chi connectivity index (χ2n) is 8.78. The van der Waals surface area contributed by atoms with Crippen molar-refractivity contribution in [2.75, 3.05) is 32.7 Å². The van der Waals surface area contributed by atoms with Gasteiger partial charge >= 0.3 is 0 Å². The minimum absolute atomic E-state index is 0.0407. The third-order valence-corrected chi connectivity index (χ3v) is 6.42. The number of hydrogen-bond acceptors (Lipinski definition) is 4. The summed E-state index contributed by atoms with van der Waals surface area (Å²) in [6.07, 6.45) is 6.00. The van der Waals surface area contributed by atoms with Crippen molar-refractivity contribution in [3.63, 3.8) is 0 Å². The van der Waals surface area contributed by atoms with E-state index in [1.807, 2.05) is 9.58 Å². The topological polar surface area (TPSA) is 70.5 Å². The van der Waals surface area contributed by atoms with E-state index in [0.29, 0.717) is 44.5 Å². The van der Waals surface area contributed by atoms with Crippen molar-refractivity contribution in [1.29, 1.82) is 0 Å². The lowest BCUT2D eigenvalue weighted by atomic mass is 9.95. The van der Waals surface area contributed by atoms with Crippen molar-refractivity contribution in [3.8, 4) is 5.69 Å². The maximum absolute atomic E-state index is 13.4. The number of hydrogen-bond donors (Lipinski definition) is 1. The Bertz CT molecular complexity index is 975. The largest absolute Gasteiger partial charge is 0.352 e. The highest BCUT2D eigenvalue weighted by atomic mass is 19.1. The Hall–Kier alpha value is -2.74. The van der Waals surface area contributed by atoms with E-state index in [-0.39, 0.29) is 17.6 Å². The van der Waals surface area contributed by atoms with Gasteiger partial charge in [-0.1, -0.05) is 0 Å². The molecule has 1 saturated carbocycles. The fourth-order valence-electron chi connectivity index (χ4n) is 4.53. The van der Waals surface area contributed by atoms with Gasteiger partial charge in [0.2, 0.25) is 5.91 Å². The molecule has 31 heavy (non-hydrogen) atoms. The summed E-state index contributed by atoms with van der Waals surface area (Å²) in [5, 5.41) is 7.72. The molecule has 5 rings (SSSR count). The molecule has 0 bridgehead atoms. The van der Waals surface area contributed by atoms with Crippen LogP contribution in [0.1, 0.15) is 47.4 Å². The number of nitrogens with one attached hydrogen (secondary N) is 1. The summed E-state index contributed by atoms with van der Waals surface area (Å²) in [6, 6.07) is 6.63. The quantitative estimate of drug-likeness (QED) is 0.795. The van der Waals surface area contributed by atoms with E-state index < -0.39 is 0 Å². The third kappa shape index (κ3) is 4.35. The first kappa shape index (κ1) is 20.2. The molecule has 1 saturated heterocycles. The van der Waals surface area contributed by atoms with Gasteiger partial charge in [0.05, 0.1) is 12.2 Å². The Morgan fingerprint density at radius 2 is 1.74 bits per heavy atom. The Morgan fingerprint density at radius 3 is 2.45 bits per heavy atom. The second-order valence-corrected chi connectivity index (χ2v) is 8.78. The number of nitrogens with zero attached hydrogens (tertiary/aromatic N) is 4. The molecule has 0 spiro atoms. The molecule has 1 N–H and O–H groups in total. The van der Waals surface area contributed by atoms with Gasteiger partial charge in [-0.3, -0.25) is 14.5 Å². The number of piperazine rings is 1. The number of carbonyl (C=O) groups is 2. The van der Waals surface area contributed by atoms with Gasteiger partial charge in [0.25, 0.3) is 5.91 Å². The van der Waals surface area contributed by atoms with Gasteiger partial charge in [0.15, 0.2) is 5.69 Å². The van der Waals surface area contributed by atoms with Crippen LogP contribution in [0.15, 0.2) is 24.3 Å². The SMILES string of the molecule is O=C(CN1CCN(C(=O)c2nn(-c3ccc(F)cc3)c3c2CCCC3)CC1)NC1CC1. The van der Waals surface area contributed by atoms with Crippen LogP contribution >= 0.6 is 0 Å². The van der Waals surface area contributed by atoms with Crippen LogP contribution in [0.2, 0.25) is 0 Å². The summed E-state index contributed by atoms with van der Waals surface area (Å²) in [4.78, 5) is 29.3. The molecule has 7 nitrogen and oxygen atoms in total. The molecule has 2 aliphatic carbocycles. The molecule has 3 aliphatic rings. The van der Waals surface area contributed by atoms with Crippen LogP contribution in [-0.4, -0.2) is 70.2 Å². The van der Waals surface area contributed by atoms with Crippen molar-refractivity contribution in [2.45, 2.75) is 44.6 Å². The van der Waals surface area contributed by atoms with E-state index in [9.17, 15) is 14.0 Å². The minimum Gasteiger partial charge on any atom is -0.352 e. The van der Waals surface area contributed by atoms with Crippen LogP contribution in [-0.2, 0) is 17.6 Å². The third-order valence-electron chi connectivity index (χ3n) is 6.42. The number of amides is 2. The highest BCUT2D eigenvalue weighted by molar-refractivity contribution is 5.94.